The molecule has 0 atom stereocenters. The first-order valence-electron chi connectivity index (χ1n) is 6.30. The number of aromatic nitrogens is 5. The molecule has 2 heterocycles. The predicted octanol–water partition coefficient (Wildman–Crippen LogP) is 1.73. The lowest BCUT2D eigenvalue weighted by Gasteiger charge is -2.08. The quantitative estimate of drug-likeness (QED) is 0.761. The van der Waals surface area contributed by atoms with Crippen molar-refractivity contribution in [2.24, 2.45) is 0 Å². The second kappa shape index (κ2) is 5.92. The number of benzene rings is 1. The van der Waals surface area contributed by atoms with Crippen molar-refractivity contribution in [2.45, 2.75) is 13.1 Å². The minimum atomic E-state index is 0.676. The van der Waals surface area contributed by atoms with Crippen LogP contribution >= 0.6 is 0 Å². The summed E-state index contributed by atoms with van der Waals surface area (Å²) in [6.07, 6.45) is 6.54. The van der Waals surface area contributed by atoms with Crippen LogP contribution < -0.4 is 5.32 Å². The topological polar surface area (TPSA) is 68.5 Å². The second-order valence-corrected chi connectivity index (χ2v) is 4.35. The second-order valence-electron chi connectivity index (χ2n) is 4.35. The summed E-state index contributed by atoms with van der Waals surface area (Å²) in [6, 6.07) is 10.1. The van der Waals surface area contributed by atoms with Gasteiger partial charge in [-0.3, -0.25) is 0 Å². The molecule has 3 rings (SSSR count). The van der Waals surface area contributed by atoms with Crippen LogP contribution in [-0.4, -0.2) is 24.7 Å². The number of nitrogens with one attached hydrogen (secondary N) is 1. The number of hydrogen-bond donors (Lipinski definition) is 1. The Bertz CT molecular complexity index is 650. The van der Waals surface area contributed by atoms with Gasteiger partial charge in [-0.2, -0.15) is 5.10 Å². The van der Waals surface area contributed by atoms with E-state index in [1.807, 2.05) is 18.2 Å². The minimum absolute atomic E-state index is 0.676. The van der Waals surface area contributed by atoms with Gasteiger partial charge in [0.15, 0.2) is 0 Å². The molecule has 2 aromatic heterocycles. The fourth-order valence-electron chi connectivity index (χ4n) is 1.90. The molecule has 0 aliphatic rings. The molecule has 100 valence electrons. The largest absolute Gasteiger partial charge is 0.379 e. The van der Waals surface area contributed by atoms with Crippen molar-refractivity contribution in [2.75, 3.05) is 5.32 Å². The Morgan fingerprint density at radius 2 is 2.10 bits per heavy atom. The molecule has 0 saturated heterocycles. The zero-order valence-electron chi connectivity index (χ0n) is 10.8. The molecule has 0 saturated carbocycles. The third-order valence-electron chi connectivity index (χ3n) is 2.85. The number of anilines is 1. The van der Waals surface area contributed by atoms with Crippen LogP contribution in [0.2, 0.25) is 0 Å². The monoisotopic (exact) mass is 266 g/mol. The molecule has 0 aliphatic heterocycles. The van der Waals surface area contributed by atoms with Gasteiger partial charge in [-0.1, -0.05) is 12.1 Å². The molecule has 3 aromatic rings. The fraction of sp³-hybridized carbons (Fsp3) is 0.143. The predicted molar refractivity (Wildman–Crippen MR) is 74.9 cm³/mol. The molecule has 0 aliphatic carbocycles. The highest BCUT2D eigenvalue weighted by Crippen LogP contribution is 2.12. The van der Waals surface area contributed by atoms with Crippen molar-refractivity contribution in [3.63, 3.8) is 0 Å². The van der Waals surface area contributed by atoms with Gasteiger partial charge in [-0.15, -0.1) is 0 Å². The average Bonchev–Trinajstić information content (AvgIpc) is 3.00. The standard InChI is InChI=1S/C14H14N6/c1-2-12(8-20-11-16-10-19-20)6-13(3-1)17-7-14-4-5-15-9-18-14/h1-6,9-11,17H,7-8H2. The Morgan fingerprint density at radius 3 is 2.90 bits per heavy atom. The smallest absolute Gasteiger partial charge is 0.137 e. The summed E-state index contributed by atoms with van der Waals surface area (Å²) < 4.78 is 1.80. The van der Waals surface area contributed by atoms with E-state index in [0.717, 1.165) is 11.4 Å². The summed E-state index contributed by atoms with van der Waals surface area (Å²) in [5.74, 6) is 0. The summed E-state index contributed by atoms with van der Waals surface area (Å²) >= 11 is 0. The molecule has 1 aromatic carbocycles. The van der Waals surface area contributed by atoms with Gasteiger partial charge in [-0.05, 0) is 23.8 Å². The molecule has 0 amide bonds. The highest BCUT2D eigenvalue weighted by molar-refractivity contribution is 5.45. The highest BCUT2D eigenvalue weighted by Gasteiger charge is 1.99. The fourth-order valence-corrected chi connectivity index (χ4v) is 1.90. The third kappa shape index (κ3) is 3.17. The van der Waals surface area contributed by atoms with Gasteiger partial charge in [0.25, 0.3) is 0 Å². The van der Waals surface area contributed by atoms with Gasteiger partial charge in [-0.25, -0.2) is 19.6 Å². The zero-order valence-corrected chi connectivity index (χ0v) is 10.8. The van der Waals surface area contributed by atoms with Crippen LogP contribution in [0.25, 0.3) is 0 Å². The lowest BCUT2D eigenvalue weighted by molar-refractivity contribution is 0.685. The first kappa shape index (κ1) is 12.3. The van der Waals surface area contributed by atoms with Gasteiger partial charge in [0.05, 0.1) is 18.8 Å². The maximum atomic E-state index is 4.18. The van der Waals surface area contributed by atoms with Crippen LogP contribution in [0.1, 0.15) is 11.3 Å². The summed E-state index contributed by atoms with van der Waals surface area (Å²) in [4.78, 5) is 12.0. The van der Waals surface area contributed by atoms with Crippen LogP contribution in [0.15, 0.2) is 55.5 Å². The van der Waals surface area contributed by atoms with E-state index in [1.165, 1.54) is 11.9 Å². The van der Waals surface area contributed by atoms with Gasteiger partial charge in [0.1, 0.15) is 19.0 Å². The van der Waals surface area contributed by atoms with Crippen molar-refractivity contribution < 1.29 is 0 Å². The van der Waals surface area contributed by atoms with Crippen LogP contribution in [0.5, 0.6) is 0 Å². The Kier molecular flexibility index (Phi) is 3.64. The number of hydrogen-bond acceptors (Lipinski definition) is 5. The molecular formula is C14H14N6. The Balaban J connectivity index is 1.65. The van der Waals surface area contributed by atoms with Gasteiger partial charge in [0, 0.05) is 11.9 Å². The SMILES string of the molecule is c1cc(Cn2cncn2)cc(NCc2ccncn2)c1. The van der Waals surface area contributed by atoms with Gasteiger partial charge < -0.3 is 5.32 Å². The molecule has 6 heteroatoms. The summed E-state index contributed by atoms with van der Waals surface area (Å²) in [6.45, 7) is 1.39. The van der Waals surface area contributed by atoms with E-state index >= 15 is 0 Å². The molecule has 6 nitrogen and oxygen atoms in total. The van der Waals surface area contributed by atoms with Crippen LogP contribution in [0, 0.1) is 0 Å². The summed E-state index contributed by atoms with van der Waals surface area (Å²) in [7, 11) is 0. The normalized spacial score (nSPS) is 10.4. The molecule has 0 unspecified atom stereocenters. The van der Waals surface area contributed by atoms with Gasteiger partial charge in [0.2, 0.25) is 0 Å². The lowest BCUT2D eigenvalue weighted by atomic mass is 10.2. The first-order chi connectivity index (χ1) is 9.90. The summed E-state index contributed by atoms with van der Waals surface area (Å²) in [5, 5.41) is 7.45. The van der Waals surface area contributed by atoms with E-state index in [1.54, 1.807) is 23.5 Å². The molecule has 0 radical (unpaired) electrons. The zero-order chi connectivity index (χ0) is 13.6. The Hall–Kier alpha value is -2.76. The van der Waals surface area contributed by atoms with Crippen LogP contribution in [0.3, 0.4) is 0 Å². The van der Waals surface area contributed by atoms with Crippen molar-refractivity contribution in [1.29, 1.82) is 0 Å². The van der Waals surface area contributed by atoms with E-state index in [4.69, 9.17) is 0 Å². The minimum Gasteiger partial charge on any atom is -0.379 e. The maximum absolute atomic E-state index is 4.18. The van der Waals surface area contributed by atoms with Crippen molar-refractivity contribution >= 4 is 5.69 Å². The molecule has 0 bridgehead atoms. The van der Waals surface area contributed by atoms with E-state index in [0.29, 0.717) is 13.1 Å². The average molecular weight is 266 g/mol. The molecule has 20 heavy (non-hydrogen) atoms. The Morgan fingerprint density at radius 1 is 1.10 bits per heavy atom. The lowest BCUT2D eigenvalue weighted by Crippen LogP contribution is -2.03. The highest BCUT2D eigenvalue weighted by atomic mass is 15.3. The van der Waals surface area contributed by atoms with Crippen LogP contribution in [0.4, 0.5) is 5.69 Å². The molecule has 1 N–H and O–H groups in total. The van der Waals surface area contributed by atoms with E-state index in [2.05, 4.69) is 37.5 Å². The van der Waals surface area contributed by atoms with Crippen molar-refractivity contribution in [3.8, 4) is 0 Å². The number of rotatable bonds is 5. The van der Waals surface area contributed by atoms with E-state index in [-0.39, 0.29) is 0 Å². The van der Waals surface area contributed by atoms with Crippen LogP contribution in [-0.2, 0) is 13.1 Å². The Labute approximate surface area is 116 Å². The first-order valence-corrected chi connectivity index (χ1v) is 6.30. The van der Waals surface area contributed by atoms with Gasteiger partial charge >= 0.3 is 0 Å². The molecular weight excluding hydrogens is 252 g/mol. The summed E-state index contributed by atoms with van der Waals surface area (Å²) in [5.41, 5.74) is 3.19. The molecule has 0 spiro atoms. The molecule has 0 fully saturated rings. The third-order valence-corrected chi connectivity index (χ3v) is 2.85. The maximum Gasteiger partial charge on any atom is 0.137 e. The van der Waals surface area contributed by atoms with Crippen molar-refractivity contribution in [3.05, 3.63) is 66.8 Å². The van der Waals surface area contributed by atoms with E-state index < -0.39 is 0 Å². The number of nitrogens with zero attached hydrogens (tertiary/aromatic N) is 5. The van der Waals surface area contributed by atoms with Crippen molar-refractivity contribution in [1.82, 2.24) is 24.7 Å². The van der Waals surface area contributed by atoms with E-state index in [9.17, 15) is 0 Å².